The highest BCUT2D eigenvalue weighted by Gasteiger charge is 2.32. The van der Waals surface area contributed by atoms with Crippen LogP contribution in [0.3, 0.4) is 0 Å². The molecule has 2 aliphatic heterocycles. The number of aromatic nitrogens is 3. The minimum Gasteiger partial charge on any atom is -0.488 e. The lowest BCUT2D eigenvalue weighted by Crippen LogP contribution is -2.46. The molecule has 11 heteroatoms. The molecule has 0 bridgehead atoms. The maximum atomic E-state index is 14.0. The number of benzene rings is 2. The second kappa shape index (κ2) is 8.00. The molecule has 3 aromatic rings. The molecule has 2 amide bonds. The van der Waals surface area contributed by atoms with Gasteiger partial charge in [0, 0.05) is 12.1 Å². The van der Waals surface area contributed by atoms with Crippen LogP contribution in [0.5, 0.6) is 5.75 Å². The van der Waals surface area contributed by atoms with Crippen LogP contribution in [-0.2, 0) is 16.1 Å². The van der Waals surface area contributed by atoms with Gasteiger partial charge in [0.2, 0.25) is 5.82 Å². The number of hydrogen-bond donors (Lipinski definition) is 2. The summed E-state index contributed by atoms with van der Waals surface area (Å²) in [6.45, 7) is 0.499. The SMILES string of the molecule is O=C(N[C@H]1COc2cc(F)cc(F)c2NC1=O)c1nc2n(n1)CCO[C@@H]2c1ccccc1. The number of carbonyl (C=O) groups is 2. The van der Waals surface area contributed by atoms with Gasteiger partial charge in [0.15, 0.2) is 11.6 Å². The summed E-state index contributed by atoms with van der Waals surface area (Å²) in [6.07, 6.45) is -0.476. The Morgan fingerprint density at radius 1 is 1.22 bits per heavy atom. The van der Waals surface area contributed by atoms with Crippen LogP contribution in [0.1, 0.15) is 28.1 Å². The van der Waals surface area contributed by atoms with Crippen LogP contribution in [0.4, 0.5) is 14.5 Å². The van der Waals surface area contributed by atoms with E-state index in [1.165, 1.54) is 0 Å². The van der Waals surface area contributed by atoms with Crippen LogP contribution >= 0.6 is 0 Å². The van der Waals surface area contributed by atoms with Crippen LogP contribution in [0.2, 0.25) is 0 Å². The van der Waals surface area contributed by atoms with Crippen LogP contribution in [0.25, 0.3) is 0 Å². The molecule has 0 fully saturated rings. The molecule has 5 rings (SSSR count). The van der Waals surface area contributed by atoms with Gasteiger partial charge in [0.25, 0.3) is 11.8 Å². The number of halogens is 2. The van der Waals surface area contributed by atoms with Gasteiger partial charge in [-0.15, -0.1) is 5.10 Å². The van der Waals surface area contributed by atoms with Crippen molar-refractivity contribution in [3.05, 3.63) is 71.3 Å². The fourth-order valence-corrected chi connectivity index (χ4v) is 3.59. The number of nitrogens with one attached hydrogen (secondary N) is 2. The van der Waals surface area contributed by atoms with Gasteiger partial charge in [-0.1, -0.05) is 30.3 Å². The molecule has 32 heavy (non-hydrogen) atoms. The summed E-state index contributed by atoms with van der Waals surface area (Å²) < 4.78 is 40.2. The second-order valence-corrected chi connectivity index (χ2v) is 7.27. The van der Waals surface area contributed by atoms with Crippen molar-refractivity contribution in [3.63, 3.8) is 0 Å². The van der Waals surface area contributed by atoms with E-state index in [1.54, 1.807) is 4.68 Å². The van der Waals surface area contributed by atoms with E-state index >= 15 is 0 Å². The number of rotatable bonds is 3. The van der Waals surface area contributed by atoms with E-state index in [-0.39, 0.29) is 23.9 Å². The Labute approximate surface area is 180 Å². The summed E-state index contributed by atoms with van der Waals surface area (Å²) in [7, 11) is 0. The second-order valence-electron chi connectivity index (χ2n) is 7.27. The molecule has 0 aliphatic carbocycles. The molecular formula is C21H17F2N5O4. The first-order chi connectivity index (χ1) is 15.5. The zero-order valence-corrected chi connectivity index (χ0v) is 16.5. The average Bonchev–Trinajstić information content (AvgIpc) is 3.17. The highest BCUT2D eigenvalue weighted by molar-refractivity contribution is 6.01. The number of nitrogens with zero attached hydrogens (tertiary/aromatic N) is 3. The van der Waals surface area contributed by atoms with Crippen LogP contribution in [-0.4, -0.2) is 45.8 Å². The molecule has 2 aliphatic rings. The molecule has 2 N–H and O–H groups in total. The van der Waals surface area contributed by atoms with E-state index in [0.717, 1.165) is 11.6 Å². The van der Waals surface area contributed by atoms with Crippen molar-refractivity contribution in [2.75, 3.05) is 18.5 Å². The van der Waals surface area contributed by atoms with Gasteiger partial charge in [-0.3, -0.25) is 9.59 Å². The van der Waals surface area contributed by atoms with Crippen molar-refractivity contribution in [2.24, 2.45) is 0 Å². The number of amides is 2. The van der Waals surface area contributed by atoms with Gasteiger partial charge in [-0.2, -0.15) is 0 Å². The summed E-state index contributed by atoms with van der Waals surface area (Å²) in [4.78, 5) is 29.6. The van der Waals surface area contributed by atoms with Crippen molar-refractivity contribution >= 4 is 17.5 Å². The number of anilines is 1. The van der Waals surface area contributed by atoms with Gasteiger partial charge in [0.1, 0.15) is 36.0 Å². The van der Waals surface area contributed by atoms with Gasteiger partial charge in [-0.05, 0) is 5.56 Å². The molecule has 3 heterocycles. The highest BCUT2D eigenvalue weighted by Crippen LogP contribution is 2.31. The fourth-order valence-electron chi connectivity index (χ4n) is 3.59. The summed E-state index contributed by atoms with van der Waals surface area (Å²) in [6, 6.07) is 9.83. The smallest absolute Gasteiger partial charge is 0.291 e. The van der Waals surface area contributed by atoms with Crippen LogP contribution in [0.15, 0.2) is 42.5 Å². The molecule has 1 aromatic heterocycles. The van der Waals surface area contributed by atoms with Crippen molar-refractivity contribution in [2.45, 2.75) is 18.7 Å². The van der Waals surface area contributed by atoms with E-state index < -0.39 is 35.6 Å². The van der Waals surface area contributed by atoms with Crippen molar-refractivity contribution < 1.29 is 27.8 Å². The minimum absolute atomic E-state index is 0.141. The monoisotopic (exact) mass is 441 g/mol. The van der Waals surface area contributed by atoms with Crippen LogP contribution < -0.4 is 15.4 Å². The molecule has 164 valence electrons. The lowest BCUT2D eigenvalue weighted by Gasteiger charge is -2.22. The van der Waals surface area contributed by atoms with E-state index in [1.807, 2.05) is 30.3 Å². The Kier molecular flexibility index (Phi) is 5.02. The highest BCUT2D eigenvalue weighted by atomic mass is 19.1. The Bertz CT molecular complexity index is 1200. The average molecular weight is 441 g/mol. The first-order valence-electron chi connectivity index (χ1n) is 9.84. The zero-order valence-electron chi connectivity index (χ0n) is 16.5. The molecule has 0 unspecified atom stereocenters. The van der Waals surface area contributed by atoms with Gasteiger partial charge in [0.05, 0.1) is 13.2 Å². The Morgan fingerprint density at radius 3 is 2.84 bits per heavy atom. The lowest BCUT2D eigenvalue weighted by atomic mass is 10.1. The zero-order chi connectivity index (χ0) is 22.2. The third-order valence-corrected chi connectivity index (χ3v) is 5.12. The first kappa shape index (κ1) is 20.1. The maximum absolute atomic E-state index is 14.0. The number of hydrogen-bond acceptors (Lipinski definition) is 6. The predicted molar refractivity (Wildman–Crippen MR) is 106 cm³/mol. The molecule has 2 aromatic carbocycles. The third-order valence-electron chi connectivity index (χ3n) is 5.12. The van der Waals surface area contributed by atoms with Crippen molar-refractivity contribution in [3.8, 4) is 5.75 Å². The summed E-state index contributed by atoms with van der Waals surface area (Å²) in [5.74, 6) is -3.07. The Morgan fingerprint density at radius 2 is 2.03 bits per heavy atom. The van der Waals surface area contributed by atoms with Gasteiger partial charge < -0.3 is 20.1 Å². The minimum atomic E-state index is -1.17. The van der Waals surface area contributed by atoms with Crippen molar-refractivity contribution in [1.82, 2.24) is 20.1 Å². The molecule has 0 saturated heterocycles. The first-order valence-corrected chi connectivity index (χ1v) is 9.84. The number of ether oxygens (including phenoxy) is 2. The van der Waals surface area contributed by atoms with E-state index in [0.29, 0.717) is 25.0 Å². The Balaban J connectivity index is 1.34. The number of carbonyl (C=O) groups excluding carboxylic acids is 2. The van der Waals surface area contributed by atoms with E-state index in [4.69, 9.17) is 9.47 Å². The van der Waals surface area contributed by atoms with Crippen LogP contribution in [0, 0.1) is 11.6 Å². The largest absolute Gasteiger partial charge is 0.488 e. The molecule has 0 spiro atoms. The summed E-state index contributed by atoms with van der Waals surface area (Å²) in [5, 5.41) is 9.04. The number of fused-ring (bicyclic) bond motifs is 2. The molecule has 0 radical (unpaired) electrons. The van der Waals surface area contributed by atoms with E-state index in [2.05, 4.69) is 20.7 Å². The van der Waals surface area contributed by atoms with Crippen molar-refractivity contribution in [1.29, 1.82) is 0 Å². The predicted octanol–water partition coefficient (Wildman–Crippen LogP) is 1.81. The van der Waals surface area contributed by atoms with Gasteiger partial charge in [-0.25, -0.2) is 18.4 Å². The standard InChI is InChI=1S/C21H17F2N5O4/c22-12-8-13(23)16-15(9-12)32-10-14(20(29)25-16)24-21(30)18-26-19-17(11-4-2-1-3-5-11)31-7-6-28(19)27-18/h1-5,8-9,14,17H,6-7,10H2,(H,24,30)(H,25,29)/t14-,17+/m0/s1. The topological polar surface area (TPSA) is 107 Å². The fraction of sp³-hybridized carbons (Fsp3) is 0.238. The maximum Gasteiger partial charge on any atom is 0.291 e. The molecule has 0 saturated carbocycles. The summed E-state index contributed by atoms with van der Waals surface area (Å²) >= 11 is 0. The Hall–Kier alpha value is -3.86. The molecular weight excluding hydrogens is 424 g/mol. The quantitative estimate of drug-likeness (QED) is 0.642. The molecule has 2 atom stereocenters. The molecule has 9 nitrogen and oxygen atoms in total. The third kappa shape index (κ3) is 3.66. The summed E-state index contributed by atoms with van der Waals surface area (Å²) in [5.41, 5.74) is 0.586. The van der Waals surface area contributed by atoms with Gasteiger partial charge >= 0.3 is 0 Å². The normalized spacial score (nSPS) is 19.8. The lowest BCUT2D eigenvalue weighted by molar-refractivity contribution is -0.118. The van der Waals surface area contributed by atoms with E-state index in [9.17, 15) is 18.4 Å².